The second-order valence-corrected chi connectivity index (χ2v) is 6.49. The summed E-state index contributed by atoms with van der Waals surface area (Å²) in [4.78, 5) is 12.5. The summed E-state index contributed by atoms with van der Waals surface area (Å²) in [5.41, 5.74) is 0.951. The quantitative estimate of drug-likeness (QED) is 0.627. The molecule has 2 rings (SSSR count). The van der Waals surface area contributed by atoms with Crippen LogP contribution in [0.5, 0.6) is 0 Å². The zero-order valence-electron chi connectivity index (χ0n) is 14.4. The van der Waals surface area contributed by atoms with Crippen LogP contribution in [0.3, 0.4) is 0 Å². The van der Waals surface area contributed by atoms with Gasteiger partial charge in [0.1, 0.15) is 0 Å². The van der Waals surface area contributed by atoms with Crippen molar-refractivity contribution in [3.63, 3.8) is 0 Å². The normalized spacial score (nSPS) is 12.8. The molecule has 1 unspecified atom stereocenters. The van der Waals surface area contributed by atoms with E-state index in [1.165, 1.54) is 0 Å². The standard InChI is InChI=1S/C21H22ClNO2/c1-2-25-20(24)21(16-23,15-18-7-4-3-5-8-18)14-6-9-17-10-12-19(22)13-11-17/h3-5,7-8,10-13H,2,6,9,14-15H2,1H3. The maximum absolute atomic E-state index is 12.5. The number of rotatable bonds is 8. The fourth-order valence-electron chi connectivity index (χ4n) is 2.86. The van der Waals surface area contributed by atoms with Gasteiger partial charge in [0, 0.05) is 11.4 Å². The molecule has 0 aromatic heterocycles. The molecule has 1 atom stereocenters. The summed E-state index contributed by atoms with van der Waals surface area (Å²) >= 11 is 5.90. The number of nitrogens with zero attached hydrogens (tertiary/aromatic N) is 1. The molecule has 0 spiro atoms. The van der Waals surface area contributed by atoms with Crippen molar-refractivity contribution in [2.45, 2.75) is 32.6 Å². The summed E-state index contributed by atoms with van der Waals surface area (Å²) in [5, 5.41) is 10.5. The van der Waals surface area contributed by atoms with Crippen molar-refractivity contribution in [1.29, 1.82) is 5.26 Å². The highest BCUT2D eigenvalue weighted by atomic mass is 35.5. The lowest BCUT2D eigenvalue weighted by Gasteiger charge is -2.24. The molecule has 0 aliphatic rings. The van der Waals surface area contributed by atoms with Gasteiger partial charge in [0.25, 0.3) is 0 Å². The molecule has 0 aliphatic carbocycles. The Balaban J connectivity index is 2.11. The van der Waals surface area contributed by atoms with Crippen LogP contribution in [0.1, 0.15) is 30.9 Å². The van der Waals surface area contributed by atoms with E-state index < -0.39 is 11.4 Å². The van der Waals surface area contributed by atoms with E-state index in [-0.39, 0.29) is 6.61 Å². The number of hydrogen-bond acceptors (Lipinski definition) is 3. The highest BCUT2D eigenvalue weighted by molar-refractivity contribution is 6.30. The maximum Gasteiger partial charge on any atom is 0.326 e. The summed E-state index contributed by atoms with van der Waals surface area (Å²) in [6.45, 7) is 2.03. The Bertz CT molecular complexity index is 722. The van der Waals surface area contributed by atoms with Gasteiger partial charge < -0.3 is 4.74 Å². The molecule has 3 nitrogen and oxygen atoms in total. The molecule has 0 bridgehead atoms. The number of halogens is 1. The molecule has 25 heavy (non-hydrogen) atoms. The van der Waals surface area contributed by atoms with Crippen LogP contribution < -0.4 is 0 Å². The summed E-state index contributed by atoms with van der Waals surface area (Å²) < 4.78 is 5.21. The molecule has 2 aromatic carbocycles. The number of ether oxygens (including phenoxy) is 1. The van der Waals surface area contributed by atoms with Crippen LogP contribution in [0.4, 0.5) is 0 Å². The molecule has 0 radical (unpaired) electrons. The molecule has 0 fully saturated rings. The third-order valence-electron chi connectivity index (χ3n) is 4.21. The molecule has 0 heterocycles. The van der Waals surface area contributed by atoms with Gasteiger partial charge in [-0.1, -0.05) is 54.1 Å². The summed E-state index contributed by atoms with van der Waals surface area (Å²) in [6.07, 6.45) is 2.33. The number of carbonyl (C=O) groups is 1. The zero-order valence-corrected chi connectivity index (χ0v) is 15.1. The predicted molar refractivity (Wildman–Crippen MR) is 99.2 cm³/mol. The molecule has 0 saturated heterocycles. The highest BCUT2D eigenvalue weighted by Gasteiger charge is 2.40. The van der Waals surface area contributed by atoms with Crippen LogP contribution in [-0.4, -0.2) is 12.6 Å². The Morgan fingerprint density at radius 2 is 1.80 bits per heavy atom. The highest BCUT2D eigenvalue weighted by Crippen LogP contribution is 2.31. The van der Waals surface area contributed by atoms with E-state index in [0.717, 1.165) is 24.0 Å². The smallest absolute Gasteiger partial charge is 0.326 e. The van der Waals surface area contributed by atoms with Gasteiger partial charge in [-0.15, -0.1) is 0 Å². The molecule has 0 saturated carbocycles. The van der Waals surface area contributed by atoms with E-state index in [2.05, 4.69) is 6.07 Å². The van der Waals surface area contributed by atoms with E-state index >= 15 is 0 Å². The predicted octanol–water partition coefficient (Wildman–Crippen LogP) is 4.98. The minimum absolute atomic E-state index is 0.272. The van der Waals surface area contributed by atoms with Crippen molar-refractivity contribution < 1.29 is 9.53 Å². The van der Waals surface area contributed by atoms with Crippen LogP contribution in [0.25, 0.3) is 0 Å². The topological polar surface area (TPSA) is 50.1 Å². The van der Waals surface area contributed by atoms with Gasteiger partial charge >= 0.3 is 5.97 Å². The van der Waals surface area contributed by atoms with Crippen molar-refractivity contribution in [3.05, 3.63) is 70.7 Å². The van der Waals surface area contributed by atoms with Gasteiger partial charge in [-0.2, -0.15) is 5.26 Å². The summed E-state index contributed by atoms with van der Waals surface area (Å²) in [5.74, 6) is -0.433. The van der Waals surface area contributed by atoms with Crippen molar-refractivity contribution in [2.75, 3.05) is 6.61 Å². The first-order valence-electron chi connectivity index (χ1n) is 8.46. The maximum atomic E-state index is 12.5. The van der Waals surface area contributed by atoms with Crippen LogP contribution in [0.2, 0.25) is 5.02 Å². The van der Waals surface area contributed by atoms with Crippen LogP contribution in [-0.2, 0) is 22.4 Å². The first kappa shape index (κ1) is 19.0. The molecule has 0 N–H and O–H groups in total. The van der Waals surface area contributed by atoms with Crippen molar-refractivity contribution in [2.24, 2.45) is 5.41 Å². The minimum atomic E-state index is -1.15. The van der Waals surface area contributed by atoms with Crippen LogP contribution in [0, 0.1) is 16.7 Å². The largest absolute Gasteiger partial charge is 0.465 e. The SMILES string of the molecule is CCOC(=O)C(C#N)(CCCc1ccc(Cl)cc1)Cc1ccccc1. The number of benzene rings is 2. The van der Waals surface area contributed by atoms with Gasteiger partial charge in [-0.05, 0) is 49.4 Å². The van der Waals surface area contributed by atoms with Gasteiger partial charge in [0.05, 0.1) is 12.7 Å². The molecule has 4 heteroatoms. The fourth-order valence-corrected chi connectivity index (χ4v) is 2.99. The second-order valence-electron chi connectivity index (χ2n) is 6.06. The fraction of sp³-hybridized carbons (Fsp3) is 0.333. The Hall–Kier alpha value is -2.31. The minimum Gasteiger partial charge on any atom is -0.465 e. The Morgan fingerprint density at radius 1 is 1.12 bits per heavy atom. The van der Waals surface area contributed by atoms with Gasteiger partial charge in [0.15, 0.2) is 5.41 Å². The Morgan fingerprint density at radius 3 is 2.40 bits per heavy atom. The van der Waals surface area contributed by atoms with Crippen LogP contribution >= 0.6 is 11.6 Å². The lowest BCUT2D eigenvalue weighted by atomic mass is 9.78. The number of esters is 1. The van der Waals surface area contributed by atoms with Gasteiger partial charge in [-0.25, -0.2) is 0 Å². The van der Waals surface area contributed by atoms with E-state index in [1.807, 2.05) is 54.6 Å². The van der Waals surface area contributed by atoms with E-state index in [4.69, 9.17) is 16.3 Å². The average molecular weight is 356 g/mol. The van der Waals surface area contributed by atoms with Gasteiger partial charge in [-0.3, -0.25) is 4.79 Å². The lowest BCUT2D eigenvalue weighted by molar-refractivity contribution is -0.152. The van der Waals surface area contributed by atoms with Gasteiger partial charge in [0.2, 0.25) is 0 Å². The molecule has 0 aliphatic heterocycles. The van der Waals surface area contributed by atoms with Crippen molar-refractivity contribution >= 4 is 17.6 Å². The number of aryl methyl sites for hydroxylation is 1. The van der Waals surface area contributed by atoms with E-state index in [1.54, 1.807) is 6.92 Å². The molecule has 130 valence electrons. The number of carbonyl (C=O) groups excluding carboxylic acids is 1. The molecular formula is C21H22ClNO2. The van der Waals surface area contributed by atoms with E-state index in [9.17, 15) is 10.1 Å². The van der Waals surface area contributed by atoms with Crippen molar-refractivity contribution in [3.8, 4) is 6.07 Å². The Labute approximate surface area is 154 Å². The Kier molecular flexibility index (Phi) is 7.03. The summed E-state index contributed by atoms with van der Waals surface area (Å²) in [7, 11) is 0. The third-order valence-corrected chi connectivity index (χ3v) is 4.46. The second kappa shape index (κ2) is 9.25. The molecular weight excluding hydrogens is 334 g/mol. The number of hydrogen-bond donors (Lipinski definition) is 0. The molecule has 2 aromatic rings. The first-order valence-corrected chi connectivity index (χ1v) is 8.84. The first-order chi connectivity index (χ1) is 12.1. The third kappa shape index (κ3) is 5.34. The molecule has 0 amide bonds. The summed E-state index contributed by atoms with van der Waals surface area (Å²) in [6, 6.07) is 19.5. The zero-order chi connectivity index (χ0) is 18.1. The lowest BCUT2D eigenvalue weighted by Crippen LogP contribution is -2.34. The average Bonchev–Trinajstić information content (AvgIpc) is 2.63. The van der Waals surface area contributed by atoms with E-state index in [0.29, 0.717) is 17.9 Å². The van der Waals surface area contributed by atoms with Crippen molar-refractivity contribution in [1.82, 2.24) is 0 Å². The monoisotopic (exact) mass is 355 g/mol. The van der Waals surface area contributed by atoms with Crippen LogP contribution in [0.15, 0.2) is 54.6 Å². The number of nitriles is 1.